The maximum atomic E-state index is 8.80. The van der Waals surface area contributed by atoms with Crippen molar-refractivity contribution in [1.82, 2.24) is 0 Å². The third kappa shape index (κ3) is 457. The van der Waals surface area contributed by atoms with Crippen molar-refractivity contribution in [1.29, 1.82) is 0 Å². The third-order valence-corrected chi connectivity index (χ3v) is 0. The van der Waals surface area contributed by atoms with Gasteiger partial charge in [-0.1, -0.05) is 0 Å². The van der Waals surface area contributed by atoms with E-state index in [1.54, 1.807) is 0 Å². The molecule has 0 radical (unpaired) electrons. The molecule has 0 saturated heterocycles. The standard InChI is InChI=1S/3Mg.H2O4Si.HO4Si.H2O/c;;;2*1-5(2,3)4;/h;;;1-2H;1H;1H2/q3*+2;-2;-3;. The molecule has 0 amide bonds. The van der Waals surface area contributed by atoms with Crippen LogP contribution in [0, 0.1) is 0 Å². The fourth-order valence-electron chi connectivity index (χ4n) is 0. The monoisotopic (exact) mass is 277 g/mol. The summed E-state index contributed by atoms with van der Waals surface area (Å²) in [6.07, 6.45) is 0. The van der Waals surface area contributed by atoms with Crippen molar-refractivity contribution in [3.63, 3.8) is 0 Å². The summed E-state index contributed by atoms with van der Waals surface area (Å²) in [5.74, 6) is 0. The smallest absolute Gasteiger partial charge is 0.861 e. The van der Waals surface area contributed by atoms with E-state index in [1.165, 1.54) is 0 Å². The van der Waals surface area contributed by atoms with Gasteiger partial charge in [0.05, 0.1) is 0 Å². The van der Waals surface area contributed by atoms with E-state index in [1.807, 2.05) is 0 Å². The van der Waals surface area contributed by atoms with Crippen molar-refractivity contribution < 1.29 is 43.8 Å². The molecule has 0 aromatic heterocycles. The average Bonchev–Trinajstić information content (AvgIpc) is 1.12. The molecule has 0 spiro atoms. The third-order valence-electron chi connectivity index (χ3n) is 0. The second kappa shape index (κ2) is 15.4. The van der Waals surface area contributed by atoms with Gasteiger partial charge in [0.1, 0.15) is 9.05 Å². The van der Waals surface area contributed by atoms with Crippen molar-refractivity contribution in [2.75, 3.05) is 0 Å². The van der Waals surface area contributed by atoms with Crippen LogP contribution in [-0.2, 0) is 0 Å². The number of hydrogen-bond acceptors (Lipinski definition) is 8. The molecular formula is H5Mg3O9Si2+. The SMILES string of the molecule is O.[Mg+2].[Mg+2].[Mg+2].[O-][Si]([O-])(O)O.[O-][Si]([O-])([O-])O. The quantitative estimate of drug-likeness (QED) is 0.361. The summed E-state index contributed by atoms with van der Waals surface area (Å²) < 4.78 is 0. The predicted octanol–water partition coefficient (Wildman–Crippen LogP) is -10.3. The Hall–Kier alpha value is 2.37. The molecule has 0 fully saturated rings. The van der Waals surface area contributed by atoms with Crippen LogP contribution in [-0.4, -0.2) is 107 Å². The fraction of sp³-hybridized carbons (Fsp3) is 0. The van der Waals surface area contributed by atoms with Crippen molar-refractivity contribution in [2.45, 2.75) is 0 Å². The van der Waals surface area contributed by atoms with Gasteiger partial charge in [-0.15, -0.1) is 9.05 Å². The molecule has 0 aliphatic rings. The van der Waals surface area contributed by atoms with Gasteiger partial charge in [0.15, 0.2) is 0 Å². The normalized spacial score (nSPS) is 8.57. The molecule has 14 heteroatoms. The maximum Gasteiger partial charge on any atom is 2.00 e. The number of hydrogen-bond donors (Lipinski definition) is 3. The van der Waals surface area contributed by atoms with Crippen LogP contribution in [0.3, 0.4) is 0 Å². The zero-order chi connectivity index (χ0) is 9.00. The Balaban J connectivity index is -0.0000000178. The van der Waals surface area contributed by atoms with E-state index in [-0.39, 0.29) is 74.6 Å². The van der Waals surface area contributed by atoms with Gasteiger partial charge >= 0.3 is 69.2 Å². The van der Waals surface area contributed by atoms with Crippen LogP contribution in [0.15, 0.2) is 0 Å². The van der Waals surface area contributed by atoms with Gasteiger partial charge in [0.25, 0.3) is 0 Å². The summed E-state index contributed by atoms with van der Waals surface area (Å²) in [5.41, 5.74) is 0. The molecule has 0 aromatic rings. The summed E-state index contributed by atoms with van der Waals surface area (Å²) in [6, 6.07) is 0. The molecule has 0 aromatic carbocycles. The van der Waals surface area contributed by atoms with Crippen LogP contribution in [0.25, 0.3) is 0 Å². The van der Waals surface area contributed by atoms with Crippen LogP contribution < -0.4 is 24.0 Å². The van der Waals surface area contributed by atoms with Gasteiger partial charge in [-0.25, -0.2) is 0 Å². The molecule has 0 heterocycles. The van der Waals surface area contributed by atoms with Gasteiger partial charge in [-0.2, -0.15) is 0 Å². The molecule has 0 atom stereocenters. The van der Waals surface area contributed by atoms with E-state index in [4.69, 9.17) is 38.4 Å². The first-order valence-electron chi connectivity index (χ1n) is 1.69. The van der Waals surface area contributed by atoms with Crippen molar-refractivity contribution in [3.05, 3.63) is 0 Å². The first-order chi connectivity index (χ1) is 4.00. The molecule has 5 N–H and O–H groups in total. The van der Waals surface area contributed by atoms with Gasteiger partial charge in [-0.05, 0) is 0 Å². The molecule has 9 nitrogen and oxygen atoms in total. The van der Waals surface area contributed by atoms with Crippen LogP contribution in [0.2, 0.25) is 0 Å². The van der Waals surface area contributed by atoms with Gasteiger partial charge in [0.2, 0.25) is 0 Å². The van der Waals surface area contributed by atoms with E-state index < -0.39 is 18.1 Å². The fourth-order valence-corrected chi connectivity index (χ4v) is 0. The Morgan fingerprint density at radius 1 is 0.643 bits per heavy atom. The molecular weight excluding hydrogens is 273 g/mol. The van der Waals surface area contributed by atoms with Gasteiger partial charge in [0, 0.05) is 0 Å². The van der Waals surface area contributed by atoms with Crippen LogP contribution >= 0.6 is 0 Å². The molecule has 0 aliphatic carbocycles. The molecule has 0 aliphatic heterocycles. The number of rotatable bonds is 0. The Morgan fingerprint density at radius 3 is 0.643 bits per heavy atom. The molecule has 72 valence electrons. The summed E-state index contributed by atoms with van der Waals surface area (Å²) in [4.78, 5) is 64.9. The van der Waals surface area contributed by atoms with Crippen molar-refractivity contribution in [2.24, 2.45) is 0 Å². The summed E-state index contributed by atoms with van der Waals surface area (Å²) in [6.45, 7) is 0. The minimum Gasteiger partial charge on any atom is -0.861 e. The van der Waals surface area contributed by atoms with Crippen LogP contribution in [0.5, 0.6) is 0 Å². The van der Waals surface area contributed by atoms with Crippen LogP contribution in [0.1, 0.15) is 0 Å². The van der Waals surface area contributed by atoms with Crippen molar-refractivity contribution >= 4 is 87.3 Å². The molecule has 0 saturated carbocycles. The molecule has 0 rings (SSSR count). The molecule has 14 heavy (non-hydrogen) atoms. The second-order valence-corrected chi connectivity index (χ2v) is 3.22. The van der Waals surface area contributed by atoms with Crippen LogP contribution in [0.4, 0.5) is 0 Å². The van der Waals surface area contributed by atoms with Crippen molar-refractivity contribution in [3.8, 4) is 0 Å². The largest absolute Gasteiger partial charge is 2.00 e. The van der Waals surface area contributed by atoms with E-state index in [0.717, 1.165) is 0 Å². The second-order valence-electron chi connectivity index (χ2n) is 1.07. The molecule has 0 bridgehead atoms. The minimum absolute atomic E-state index is 0. The van der Waals surface area contributed by atoms with E-state index in [2.05, 4.69) is 0 Å². The molecule has 0 unspecified atom stereocenters. The summed E-state index contributed by atoms with van der Waals surface area (Å²) >= 11 is 0. The Labute approximate surface area is 130 Å². The van der Waals surface area contributed by atoms with E-state index in [9.17, 15) is 0 Å². The minimum atomic E-state index is -5.36. The predicted molar refractivity (Wildman–Crippen MR) is 39.0 cm³/mol. The zero-order valence-corrected chi connectivity index (χ0v) is 13.2. The summed E-state index contributed by atoms with van der Waals surface area (Å²) in [7, 11) is -10.5. The Morgan fingerprint density at radius 2 is 0.643 bits per heavy atom. The van der Waals surface area contributed by atoms with Gasteiger partial charge in [-0.3, -0.25) is 0 Å². The first-order valence-corrected chi connectivity index (χ1v) is 5.07. The van der Waals surface area contributed by atoms with E-state index in [0.29, 0.717) is 0 Å². The summed E-state index contributed by atoms with van der Waals surface area (Å²) in [5, 5.41) is 0. The van der Waals surface area contributed by atoms with Gasteiger partial charge < -0.3 is 43.8 Å². The van der Waals surface area contributed by atoms with E-state index >= 15 is 0 Å². The maximum absolute atomic E-state index is 8.80. The Bertz CT molecular complexity index is 61.0. The first kappa shape index (κ1) is 36.0. The average molecular weight is 278 g/mol. The Kier molecular flexibility index (Phi) is 39.5. The zero-order valence-electron chi connectivity index (χ0n) is 7.00. The topological polar surface area (TPSA) is 207 Å².